The van der Waals surface area contributed by atoms with Crippen molar-refractivity contribution in [3.8, 4) is 0 Å². The van der Waals surface area contributed by atoms with E-state index in [-0.39, 0.29) is 18.4 Å². The van der Waals surface area contributed by atoms with Crippen molar-refractivity contribution in [2.24, 2.45) is 0 Å². The number of benzene rings is 2. The van der Waals surface area contributed by atoms with Gasteiger partial charge in [0.1, 0.15) is 30.2 Å². The minimum absolute atomic E-state index is 0.0989. The van der Waals surface area contributed by atoms with Crippen molar-refractivity contribution in [2.45, 2.75) is 38.6 Å². The summed E-state index contributed by atoms with van der Waals surface area (Å²) in [5.74, 6) is 0.883. The predicted octanol–water partition coefficient (Wildman–Crippen LogP) is 4.88. The third kappa shape index (κ3) is 2.96. The molecule has 5 nitrogen and oxygen atoms in total. The van der Waals surface area contributed by atoms with Crippen LogP contribution in [0.1, 0.15) is 23.2 Å². The number of ether oxygens (including phenoxy) is 3. The average Bonchev–Trinajstić information content (AvgIpc) is 3.26. The number of nitrogens with zero attached hydrogens (tertiary/aromatic N) is 2. The summed E-state index contributed by atoms with van der Waals surface area (Å²) in [7, 11) is 0. The lowest BCUT2D eigenvalue weighted by atomic mass is 10.1. The molecule has 0 N–H and O–H groups in total. The number of aromatic nitrogens is 2. The van der Waals surface area contributed by atoms with Gasteiger partial charge >= 0.3 is 0 Å². The highest BCUT2D eigenvalue weighted by Gasteiger charge is 2.44. The third-order valence-corrected chi connectivity index (χ3v) is 7.02. The normalized spacial score (nSPS) is 24.2. The Kier molecular flexibility index (Phi) is 4.60. The smallest absolute Gasteiger partial charge is 0.164 e. The van der Waals surface area contributed by atoms with E-state index in [4.69, 9.17) is 19.2 Å². The molecule has 3 heterocycles. The molecule has 3 aromatic rings. The van der Waals surface area contributed by atoms with Gasteiger partial charge in [-0.05, 0) is 40.0 Å². The molecule has 0 radical (unpaired) electrons. The van der Waals surface area contributed by atoms with Crippen LogP contribution in [0.4, 0.5) is 0 Å². The molecule has 0 unspecified atom stereocenters. The molecule has 3 atom stereocenters. The van der Waals surface area contributed by atoms with Crippen LogP contribution in [0.2, 0.25) is 0 Å². The van der Waals surface area contributed by atoms with Gasteiger partial charge in [-0.2, -0.15) is 0 Å². The average molecular weight is 494 g/mol. The van der Waals surface area contributed by atoms with E-state index in [1.54, 1.807) is 0 Å². The van der Waals surface area contributed by atoms with Gasteiger partial charge in [0.25, 0.3) is 0 Å². The summed E-state index contributed by atoms with van der Waals surface area (Å²) in [6.45, 7) is 3.57. The molecule has 27 heavy (non-hydrogen) atoms. The van der Waals surface area contributed by atoms with Gasteiger partial charge in [-0.3, -0.25) is 4.57 Å². The highest BCUT2D eigenvalue weighted by molar-refractivity contribution is 9.11. The van der Waals surface area contributed by atoms with Crippen LogP contribution in [0, 0.1) is 6.92 Å². The molecular formula is C20H18Br2N2O3. The summed E-state index contributed by atoms with van der Waals surface area (Å²) in [6.07, 6.45) is -0.461. The van der Waals surface area contributed by atoms with Gasteiger partial charge in [-0.15, -0.1) is 0 Å². The van der Waals surface area contributed by atoms with Gasteiger partial charge in [-0.25, -0.2) is 4.98 Å². The lowest BCUT2D eigenvalue weighted by Gasteiger charge is -2.29. The van der Waals surface area contributed by atoms with Crippen LogP contribution in [-0.4, -0.2) is 28.4 Å². The number of hydrogen-bond acceptors (Lipinski definition) is 4. The van der Waals surface area contributed by atoms with Crippen LogP contribution in [-0.2, 0) is 27.4 Å². The Labute approximate surface area is 173 Å². The topological polar surface area (TPSA) is 45.5 Å². The summed E-state index contributed by atoms with van der Waals surface area (Å²) in [5.41, 5.74) is 4.25. The highest BCUT2D eigenvalue weighted by Crippen LogP contribution is 2.40. The molecular weight excluding hydrogens is 476 g/mol. The summed E-state index contributed by atoms with van der Waals surface area (Å²) in [5, 5.41) is 0. The predicted molar refractivity (Wildman–Crippen MR) is 108 cm³/mol. The molecule has 1 aromatic heterocycles. The fourth-order valence-corrected chi connectivity index (χ4v) is 4.94. The van der Waals surface area contributed by atoms with Crippen molar-refractivity contribution in [2.75, 3.05) is 6.61 Å². The Balaban J connectivity index is 1.45. The molecule has 0 bridgehead atoms. The number of fused-ring (bicyclic) bond motifs is 5. The fraction of sp³-hybridized carbons (Fsp3) is 0.350. The standard InChI is InChI=1S/C20H18Br2N2O3/c1-11-13(21)7-14-18(17(11)22)23-16-10-26-19-15(9-27-20(19)24(14)16)25-8-12-5-3-2-4-6-12/h2-7,15,19-20H,8-10H2,1H3/t15-,19-,20+/m1/s1. The van der Waals surface area contributed by atoms with Gasteiger partial charge < -0.3 is 14.2 Å². The Morgan fingerprint density at radius 1 is 1.22 bits per heavy atom. The van der Waals surface area contributed by atoms with Crippen LogP contribution in [0.3, 0.4) is 0 Å². The molecule has 7 heteroatoms. The second-order valence-corrected chi connectivity index (χ2v) is 8.55. The van der Waals surface area contributed by atoms with E-state index in [1.807, 2.05) is 18.2 Å². The molecule has 2 aliphatic rings. The molecule has 2 aliphatic heterocycles. The van der Waals surface area contributed by atoms with Crippen LogP contribution in [0.5, 0.6) is 0 Å². The molecule has 0 saturated carbocycles. The Morgan fingerprint density at radius 3 is 2.85 bits per heavy atom. The zero-order valence-electron chi connectivity index (χ0n) is 14.7. The van der Waals surface area contributed by atoms with Crippen LogP contribution in [0.15, 0.2) is 45.3 Å². The van der Waals surface area contributed by atoms with Crippen LogP contribution < -0.4 is 0 Å². The van der Waals surface area contributed by atoms with Gasteiger partial charge in [-0.1, -0.05) is 46.3 Å². The molecule has 1 saturated heterocycles. The van der Waals surface area contributed by atoms with Gasteiger partial charge in [0, 0.05) is 8.95 Å². The zero-order chi connectivity index (χ0) is 18.5. The van der Waals surface area contributed by atoms with Crippen molar-refractivity contribution in [3.63, 3.8) is 0 Å². The molecule has 5 rings (SSSR count). The van der Waals surface area contributed by atoms with Crippen LogP contribution >= 0.6 is 31.9 Å². The Bertz CT molecular complexity index is 1010. The second-order valence-electron chi connectivity index (χ2n) is 6.90. The van der Waals surface area contributed by atoms with E-state index in [1.165, 1.54) is 0 Å². The van der Waals surface area contributed by atoms with Crippen molar-refractivity contribution >= 4 is 42.9 Å². The first kappa shape index (κ1) is 17.8. The molecule has 0 aliphatic carbocycles. The minimum Gasteiger partial charge on any atom is -0.368 e. The first-order valence-electron chi connectivity index (χ1n) is 8.87. The van der Waals surface area contributed by atoms with E-state index in [0.717, 1.165) is 36.9 Å². The van der Waals surface area contributed by atoms with Crippen molar-refractivity contribution in [1.29, 1.82) is 0 Å². The molecule has 2 aromatic carbocycles. The molecule has 140 valence electrons. The van der Waals surface area contributed by atoms with E-state index < -0.39 is 0 Å². The monoisotopic (exact) mass is 492 g/mol. The SMILES string of the molecule is Cc1c(Br)cc2c(nc3n2[C@H]2OC[C@@H](OCc4ccccc4)[C@H]2OC3)c1Br. The maximum atomic E-state index is 6.13. The van der Waals surface area contributed by atoms with Crippen LogP contribution in [0.25, 0.3) is 11.0 Å². The number of imidazole rings is 1. The first-order chi connectivity index (χ1) is 13.1. The fourth-order valence-electron chi connectivity index (χ4n) is 3.76. The summed E-state index contributed by atoms with van der Waals surface area (Å²) >= 11 is 7.33. The summed E-state index contributed by atoms with van der Waals surface area (Å²) in [6, 6.07) is 12.3. The summed E-state index contributed by atoms with van der Waals surface area (Å²) < 4.78 is 22.5. The zero-order valence-corrected chi connectivity index (χ0v) is 17.9. The van der Waals surface area contributed by atoms with E-state index >= 15 is 0 Å². The molecule has 0 amide bonds. The largest absolute Gasteiger partial charge is 0.368 e. The second kappa shape index (κ2) is 6.97. The van der Waals surface area contributed by atoms with Crippen molar-refractivity contribution < 1.29 is 14.2 Å². The lowest BCUT2D eigenvalue weighted by molar-refractivity contribution is -0.110. The molecule has 0 spiro atoms. The minimum atomic E-state index is -0.221. The van der Waals surface area contributed by atoms with E-state index in [2.05, 4.69) is 61.5 Å². The Morgan fingerprint density at radius 2 is 2.04 bits per heavy atom. The van der Waals surface area contributed by atoms with Crippen molar-refractivity contribution in [1.82, 2.24) is 9.55 Å². The van der Waals surface area contributed by atoms with E-state index in [0.29, 0.717) is 19.8 Å². The Hall–Kier alpha value is -1.25. The third-order valence-electron chi connectivity index (χ3n) is 5.22. The number of halogens is 2. The maximum Gasteiger partial charge on any atom is 0.164 e. The first-order valence-corrected chi connectivity index (χ1v) is 10.5. The van der Waals surface area contributed by atoms with Gasteiger partial charge in [0.05, 0.1) is 18.7 Å². The summed E-state index contributed by atoms with van der Waals surface area (Å²) in [4.78, 5) is 4.78. The van der Waals surface area contributed by atoms with Crippen molar-refractivity contribution in [3.05, 3.63) is 62.3 Å². The van der Waals surface area contributed by atoms with Gasteiger partial charge in [0.15, 0.2) is 6.23 Å². The number of rotatable bonds is 3. The highest BCUT2D eigenvalue weighted by atomic mass is 79.9. The maximum absolute atomic E-state index is 6.13. The quantitative estimate of drug-likeness (QED) is 0.521. The van der Waals surface area contributed by atoms with E-state index in [9.17, 15) is 0 Å². The number of hydrogen-bond donors (Lipinski definition) is 0. The lowest BCUT2D eigenvalue weighted by Crippen LogP contribution is -2.37. The molecule has 1 fully saturated rings. The van der Waals surface area contributed by atoms with Gasteiger partial charge in [0.2, 0.25) is 0 Å².